The molecule has 1 heterocycles. The minimum Gasteiger partial charge on any atom is -0.611 e. The Morgan fingerprint density at radius 1 is 1.19 bits per heavy atom. The van der Waals surface area contributed by atoms with Gasteiger partial charge >= 0.3 is 0 Å². The quantitative estimate of drug-likeness (QED) is 0.583. The highest BCUT2D eigenvalue weighted by Gasteiger charge is 2.26. The van der Waals surface area contributed by atoms with Crippen molar-refractivity contribution in [2.24, 2.45) is 0 Å². The van der Waals surface area contributed by atoms with Gasteiger partial charge in [0.25, 0.3) is 10.0 Å². The predicted octanol–water partition coefficient (Wildman–Crippen LogP) is 3.95. The topological polar surface area (TPSA) is 71.4 Å². The van der Waals surface area contributed by atoms with Crippen LogP contribution in [0.15, 0.2) is 58.5 Å². The molecule has 1 radical (unpaired) electrons. The van der Waals surface area contributed by atoms with Gasteiger partial charge in [-0.2, -0.15) is 0 Å². The van der Waals surface area contributed by atoms with Crippen molar-refractivity contribution in [3.63, 3.8) is 0 Å². The molecule has 0 saturated heterocycles. The third-order valence-corrected chi connectivity index (χ3v) is 7.35. The largest absolute Gasteiger partial charge is 0.611 e. The Morgan fingerprint density at radius 3 is 2.41 bits per heavy atom. The Morgan fingerprint density at radius 2 is 1.85 bits per heavy atom. The zero-order valence-electron chi connectivity index (χ0n) is 15.5. The van der Waals surface area contributed by atoms with E-state index in [-0.39, 0.29) is 10.6 Å². The van der Waals surface area contributed by atoms with Crippen molar-refractivity contribution < 1.29 is 17.7 Å². The number of ether oxygens (including phenoxy) is 1. The first-order chi connectivity index (χ1) is 12.8. The molecule has 143 valence electrons. The van der Waals surface area contributed by atoms with E-state index in [0.29, 0.717) is 27.5 Å². The van der Waals surface area contributed by atoms with Gasteiger partial charge in [-0.15, -0.1) is 0 Å². The molecule has 0 fully saturated rings. The number of aromatic nitrogens is 1. The normalized spacial score (nSPS) is 13.3. The minimum atomic E-state index is -3.83. The fourth-order valence-corrected chi connectivity index (χ4v) is 5.19. The molecular formula is C20H22NO4S2. The zero-order valence-corrected chi connectivity index (χ0v) is 17.1. The van der Waals surface area contributed by atoms with E-state index >= 15 is 0 Å². The maximum atomic E-state index is 13.2. The van der Waals surface area contributed by atoms with E-state index in [1.54, 1.807) is 30.3 Å². The fraction of sp³-hybridized carbons (Fsp3) is 0.250. The van der Waals surface area contributed by atoms with Gasteiger partial charge in [0.15, 0.2) is 4.90 Å². The number of methoxy groups -OCH3 is 1. The van der Waals surface area contributed by atoms with Crippen LogP contribution in [0, 0.1) is 6.92 Å². The molecule has 0 spiro atoms. The van der Waals surface area contributed by atoms with E-state index < -0.39 is 21.2 Å². The number of rotatable bonds is 6. The maximum Gasteiger partial charge on any atom is 0.268 e. The van der Waals surface area contributed by atoms with Crippen LogP contribution < -0.4 is 4.74 Å². The summed E-state index contributed by atoms with van der Waals surface area (Å²) in [7, 11) is -2.30. The van der Waals surface area contributed by atoms with Crippen LogP contribution in [0.25, 0.3) is 10.9 Å². The summed E-state index contributed by atoms with van der Waals surface area (Å²) in [4.78, 5) is 0.618. The Kier molecular flexibility index (Phi) is 5.55. The summed E-state index contributed by atoms with van der Waals surface area (Å²) in [6.07, 6.45) is 1.43. The first-order valence-corrected chi connectivity index (χ1v) is 11.3. The number of fused-ring (bicyclic) bond motifs is 1. The summed E-state index contributed by atoms with van der Waals surface area (Å²) < 4.78 is 45.3. The zero-order chi connectivity index (χ0) is 19.8. The Bertz CT molecular complexity index is 1050. The van der Waals surface area contributed by atoms with Gasteiger partial charge in [0.05, 0.1) is 29.1 Å². The smallest absolute Gasteiger partial charge is 0.268 e. The lowest BCUT2D eigenvalue weighted by Gasteiger charge is -2.10. The molecule has 1 aromatic heterocycles. The SMILES string of the molecule is [CH2]C[S+]([O-])c1cn(S(=O)(=O)c2ccc(C(C)C)cc2)c2ccc(OC)cc12. The van der Waals surface area contributed by atoms with E-state index in [4.69, 9.17) is 4.74 Å². The lowest BCUT2D eigenvalue weighted by molar-refractivity contribution is 0.415. The molecule has 0 amide bonds. The number of hydrogen-bond acceptors (Lipinski definition) is 4. The monoisotopic (exact) mass is 404 g/mol. The van der Waals surface area contributed by atoms with Crippen molar-refractivity contribution in [3.8, 4) is 5.75 Å². The highest BCUT2D eigenvalue weighted by Crippen LogP contribution is 2.32. The summed E-state index contributed by atoms with van der Waals surface area (Å²) in [5.74, 6) is 1.04. The van der Waals surface area contributed by atoms with Gasteiger partial charge in [-0.1, -0.05) is 26.0 Å². The molecule has 0 aliphatic heterocycles. The van der Waals surface area contributed by atoms with Crippen LogP contribution >= 0.6 is 0 Å². The number of hydrogen-bond donors (Lipinski definition) is 0. The molecule has 27 heavy (non-hydrogen) atoms. The fourth-order valence-electron chi connectivity index (χ4n) is 2.91. The van der Waals surface area contributed by atoms with Gasteiger partial charge in [0.1, 0.15) is 11.5 Å². The third-order valence-electron chi connectivity index (χ3n) is 4.48. The Hall–Kier alpha value is -1.96. The summed E-state index contributed by atoms with van der Waals surface area (Å²) in [6, 6.07) is 11.9. The van der Waals surface area contributed by atoms with Gasteiger partial charge in [0, 0.05) is 0 Å². The molecule has 2 aromatic carbocycles. The number of benzene rings is 2. The van der Waals surface area contributed by atoms with Crippen LogP contribution in [0.3, 0.4) is 0 Å². The predicted molar refractivity (Wildman–Crippen MR) is 108 cm³/mol. The average Bonchev–Trinajstić information content (AvgIpc) is 3.06. The molecule has 0 aliphatic rings. The summed E-state index contributed by atoms with van der Waals surface area (Å²) >= 11 is -1.41. The van der Waals surface area contributed by atoms with Gasteiger partial charge in [-0.05, 0) is 59.9 Å². The minimum absolute atomic E-state index is 0.152. The highest BCUT2D eigenvalue weighted by molar-refractivity contribution is 7.92. The van der Waals surface area contributed by atoms with Crippen molar-refractivity contribution in [2.45, 2.75) is 29.6 Å². The van der Waals surface area contributed by atoms with Gasteiger partial charge in [-0.25, -0.2) is 12.4 Å². The first kappa shape index (κ1) is 19.8. The van der Waals surface area contributed by atoms with Crippen molar-refractivity contribution in [1.82, 2.24) is 3.97 Å². The van der Waals surface area contributed by atoms with Crippen LogP contribution in [-0.2, 0) is 21.2 Å². The molecule has 3 rings (SSSR count). The molecule has 1 unspecified atom stereocenters. The second kappa shape index (κ2) is 7.58. The molecule has 0 saturated carbocycles. The highest BCUT2D eigenvalue weighted by atomic mass is 32.2. The van der Waals surface area contributed by atoms with Gasteiger partial charge < -0.3 is 9.29 Å². The van der Waals surface area contributed by atoms with E-state index in [1.165, 1.54) is 17.3 Å². The molecule has 7 heteroatoms. The standard InChI is InChI=1S/C20H22NO4S2/c1-5-26(22)20-13-21(19-11-8-16(25-4)12-18(19)20)27(23,24)17-9-6-15(7-10-17)14(2)3/h6-14H,1,5H2,2-4H3. The van der Waals surface area contributed by atoms with E-state index in [9.17, 15) is 13.0 Å². The average molecular weight is 405 g/mol. The van der Waals surface area contributed by atoms with E-state index in [1.807, 2.05) is 12.1 Å². The van der Waals surface area contributed by atoms with Crippen LogP contribution in [0.1, 0.15) is 25.3 Å². The van der Waals surface area contributed by atoms with E-state index in [0.717, 1.165) is 5.56 Å². The first-order valence-electron chi connectivity index (χ1n) is 8.52. The lowest BCUT2D eigenvalue weighted by atomic mass is 10.0. The van der Waals surface area contributed by atoms with Crippen LogP contribution in [0.5, 0.6) is 5.75 Å². The van der Waals surface area contributed by atoms with Crippen molar-refractivity contribution in [3.05, 3.63) is 61.1 Å². The molecular weight excluding hydrogens is 382 g/mol. The van der Waals surface area contributed by atoms with Crippen molar-refractivity contribution >= 4 is 32.1 Å². The number of nitrogens with zero attached hydrogens (tertiary/aromatic N) is 1. The Balaban J connectivity index is 2.20. The Labute approximate surface area is 163 Å². The van der Waals surface area contributed by atoms with Gasteiger partial charge in [-0.3, -0.25) is 0 Å². The van der Waals surface area contributed by atoms with Crippen LogP contribution in [0.2, 0.25) is 0 Å². The summed E-state index contributed by atoms with van der Waals surface area (Å²) in [6.45, 7) is 7.78. The van der Waals surface area contributed by atoms with Crippen molar-refractivity contribution in [2.75, 3.05) is 12.9 Å². The maximum absolute atomic E-state index is 13.2. The molecule has 5 nitrogen and oxygen atoms in total. The molecule has 0 N–H and O–H groups in total. The molecule has 0 bridgehead atoms. The van der Waals surface area contributed by atoms with Gasteiger partial charge in [0.2, 0.25) is 0 Å². The van der Waals surface area contributed by atoms with Crippen LogP contribution in [0.4, 0.5) is 0 Å². The third kappa shape index (κ3) is 3.59. The second-order valence-electron chi connectivity index (χ2n) is 6.45. The van der Waals surface area contributed by atoms with Crippen LogP contribution in [-0.4, -0.2) is 29.8 Å². The van der Waals surface area contributed by atoms with Crippen molar-refractivity contribution in [1.29, 1.82) is 0 Å². The van der Waals surface area contributed by atoms with E-state index in [2.05, 4.69) is 20.8 Å². The molecule has 0 aliphatic carbocycles. The lowest BCUT2D eigenvalue weighted by Crippen LogP contribution is -2.12. The molecule has 3 aromatic rings. The second-order valence-corrected chi connectivity index (χ2v) is 9.80. The summed E-state index contributed by atoms with van der Waals surface area (Å²) in [5, 5.41) is 0.582. The summed E-state index contributed by atoms with van der Waals surface area (Å²) in [5.41, 5.74) is 1.52. The molecule has 1 atom stereocenters.